The van der Waals surface area contributed by atoms with Crippen molar-refractivity contribution >= 4 is 25.7 Å². The Bertz CT molecular complexity index is 854. The summed E-state index contributed by atoms with van der Waals surface area (Å²) in [6, 6.07) is 19.6. The second-order valence-electron chi connectivity index (χ2n) is 7.22. The van der Waals surface area contributed by atoms with Crippen LogP contribution in [0.5, 0.6) is 0 Å². The molecule has 0 spiro atoms. The number of aryl methyl sites for hydroxylation is 3. The van der Waals surface area contributed by atoms with Crippen molar-refractivity contribution in [1.82, 2.24) is 0 Å². The van der Waals surface area contributed by atoms with Gasteiger partial charge in [0.1, 0.15) is 0 Å². The third-order valence-electron chi connectivity index (χ3n) is 4.71. The molecule has 1 unspecified atom stereocenters. The van der Waals surface area contributed by atoms with Crippen LogP contribution in [-0.4, -0.2) is 9.76 Å². The Hall–Kier alpha value is -1.90. The second-order valence-corrected chi connectivity index (χ2v) is 8.20. The average molecular weight is 347 g/mol. The summed E-state index contributed by atoms with van der Waals surface area (Å²) < 4.78 is 6.51. The summed E-state index contributed by atoms with van der Waals surface area (Å²) in [7, 11) is 0.347. The lowest BCUT2D eigenvalue weighted by Crippen LogP contribution is -2.24. The molecule has 128 valence electrons. The first-order valence-corrected chi connectivity index (χ1v) is 9.85. The van der Waals surface area contributed by atoms with Gasteiger partial charge in [0.25, 0.3) is 9.76 Å². The van der Waals surface area contributed by atoms with Gasteiger partial charge in [-0.25, -0.2) is 0 Å². The Morgan fingerprint density at radius 1 is 0.840 bits per heavy atom. The monoisotopic (exact) mass is 346 g/mol. The van der Waals surface area contributed by atoms with E-state index in [1.807, 2.05) is 0 Å². The van der Waals surface area contributed by atoms with Gasteiger partial charge in [-0.05, 0) is 59.3 Å². The van der Waals surface area contributed by atoms with Gasteiger partial charge in [0.15, 0.2) is 0 Å². The minimum Gasteiger partial charge on any atom is -0.404 e. The van der Waals surface area contributed by atoms with Crippen molar-refractivity contribution in [1.29, 1.82) is 0 Å². The Balaban J connectivity index is 1.91. The van der Waals surface area contributed by atoms with Gasteiger partial charge < -0.3 is 4.43 Å². The molecule has 0 N–H and O–H groups in total. The summed E-state index contributed by atoms with van der Waals surface area (Å²) in [5.74, 6) is 0.433. The van der Waals surface area contributed by atoms with Crippen LogP contribution in [0.2, 0.25) is 0 Å². The largest absolute Gasteiger partial charge is 0.404 e. The lowest BCUT2D eigenvalue weighted by atomic mass is 9.90. The van der Waals surface area contributed by atoms with Crippen LogP contribution in [0.25, 0.3) is 10.8 Å². The van der Waals surface area contributed by atoms with Gasteiger partial charge in [0.2, 0.25) is 0 Å². The molecular weight excluding hydrogens is 320 g/mol. The Morgan fingerprint density at radius 2 is 1.48 bits per heavy atom. The van der Waals surface area contributed by atoms with Crippen LogP contribution in [0.3, 0.4) is 0 Å². The molecule has 25 heavy (non-hydrogen) atoms. The highest BCUT2D eigenvalue weighted by Crippen LogP contribution is 2.31. The number of hydrogen-bond donors (Lipinski definition) is 0. The van der Waals surface area contributed by atoms with E-state index in [-0.39, 0.29) is 6.10 Å². The zero-order valence-electron chi connectivity index (χ0n) is 15.8. The molecule has 0 heterocycles. The first kappa shape index (κ1) is 17.9. The van der Waals surface area contributed by atoms with E-state index in [1.165, 1.54) is 38.2 Å². The lowest BCUT2D eigenvalue weighted by Gasteiger charge is -2.26. The van der Waals surface area contributed by atoms with Gasteiger partial charge in [-0.1, -0.05) is 74.0 Å². The van der Waals surface area contributed by atoms with Gasteiger partial charge in [-0.15, -0.1) is 0 Å². The smallest absolute Gasteiger partial charge is 0.270 e. The normalized spacial score (nSPS) is 12.7. The maximum Gasteiger partial charge on any atom is 0.270 e. The third kappa shape index (κ3) is 3.86. The Morgan fingerprint density at radius 3 is 2.16 bits per heavy atom. The minimum atomic E-state index is 0.123. The summed E-state index contributed by atoms with van der Waals surface area (Å²) in [5, 5.41) is 3.86. The molecule has 0 aliphatic heterocycles. The summed E-state index contributed by atoms with van der Waals surface area (Å²) in [6.45, 7) is 11.1. The molecule has 0 saturated carbocycles. The highest BCUT2D eigenvalue weighted by atomic mass is 28.2. The SMILES string of the molecule is Cc1cc(C)c(C(O[Si]c2cccc3ccccc23)C(C)C)c(C)c1. The van der Waals surface area contributed by atoms with Crippen molar-refractivity contribution in [3.05, 3.63) is 76.9 Å². The molecule has 0 bridgehead atoms. The molecule has 0 aliphatic rings. The maximum absolute atomic E-state index is 6.51. The van der Waals surface area contributed by atoms with Gasteiger partial charge in [-0.3, -0.25) is 0 Å². The van der Waals surface area contributed by atoms with Crippen molar-refractivity contribution in [2.24, 2.45) is 5.92 Å². The Kier molecular flexibility index (Phi) is 5.41. The zero-order valence-corrected chi connectivity index (χ0v) is 16.8. The number of rotatable bonds is 5. The van der Waals surface area contributed by atoms with E-state index in [0.717, 1.165) is 0 Å². The number of hydrogen-bond acceptors (Lipinski definition) is 1. The fourth-order valence-corrected chi connectivity index (χ4v) is 4.76. The minimum absolute atomic E-state index is 0.123. The van der Waals surface area contributed by atoms with E-state index in [2.05, 4.69) is 89.2 Å². The molecular formula is C23H26OSi. The molecule has 3 aromatic carbocycles. The predicted molar refractivity (Wildman–Crippen MR) is 109 cm³/mol. The van der Waals surface area contributed by atoms with E-state index in [0.29, 0.717) is 15.7 Å². The molecule has 0 aliphatic carbocycles. The molecule has 1 nitrogen and oxygen atoms in total. The second kappa shape index (κ2) is 7.55. The topological polar surface area (TPSA) is 9.23 Å². The van der Waals surface area contributed by atoms with Crippen LogP contribution in [0.4, 0.5) is 0 Å². The zero-order chi connectivity index (χ0) is 18.0. The summed E-state index contributed by atoms with van der Waals surface area (Å²) >= 11 is 0. The molecule has 0 amide bonds. The summed E-state index contributed by atoms with van der Waals surface area (Å²) in [5.41, 5.74) is 5.34. The van der Waals surface area contributed by atoms with Crippen molar-refractivity contribution in [2.75, 3.05) is 0 Å². The Labute approximate surface area is 154 Å². The van der Waals surface area contributed by atoms with E-state index < -0.39 is 0 Å². The van der Waals surface area contributed by atoms with Crippen LogP contribution < -0.4 is 5.19 Å². The van der Waals surface area contributed by atoms with E-state index in [1.54, 1.807) is 0 Å². The highest BCUT2D eigenvalue weighted by Gasteiger charge is 2.21. The van der Waals surface area contributed by atoms with Gasteiger partial charge in [0.05, 0.1) is 6.10 Å². The molecule has 2 heteroatoms. The molecule has 2 radical (unpaired) electrons. The van der Waals surface area contributed by atoms with E-state index in [9.17, 15) is 0 Å². The fourth-order valence-electron chi connectivity index (χ4n) is 3.61. The maximum atomic E-state index is 6.51. The van der Waals surface area contributed by atoms with Crippen molar-refractivity contribution in [2.45, 2.75) is 40.7 Å². The van der Waals surface area contributed by atoms with Crippen molar-refractivity contribution in [3.8, 4) is 0 Å². The predicted octanol–water partition coefficient (Wildman–Crippen LogP) is 5.42. The first-order chi connectivity index (χ1) is 12.0. The highest BCUT2D eigenvalue weighted by molar-refractivity contribution is 6.51. The average Bonchev–Trinajstić information content (AvgIpc) is 2.56. The van der Waals surface area contributed by atoms with Crippen LogP contribution >= 0.6 is 0 Å². The molecule has 3 aromatic rings. The van der Waals surface area contributed by atoms with Crippen LogP contribution in [-0.2, 0) is 4.43 Å². The van der Waals surface area contributed by atoms with Crippen molar-refractivity contribution in [3.63, 3.8) is 0 Å². The number of benzene rings is 3. The van der Waals surface area contributed by atoms with E-state index in [4.69, 9.17) is 4.43 Å². The number of fused-ring (bicyclic) bond motifs is 1. The third-order valence-corrected chi connectivity index (χ3v) is 5.74. The molecule has 3 rings (SSSR count). The molecule has 0 aromatic heterocycles. The van der Waals surface area contributed by atoms with Gasteiger partial charge in [0, 0.05) is 0 Å². The van der Waals surface area contributed by atoms with Crippen LogP contribution in [0.1, 0.15) is 42.2 Å². The first-order valence-electron chi connectivity index (χ1n) is 8.94. The van der Waals surface area contributed by atoms with Gasteiger partial charge >= 0.3 is 0 Å². The molecule has 0 fully saturated rings. The van der Waals surface area contributed by atoms with Gasteiger partial charge in [-0.2, -0.15) is 0 Å². The molecule has 0 saturated heterocycles. The lowest BCUT2D eigenvalue weighted by molar-refractivity contribution is 0.163. The molecule has 1 atom stereocenters. The summed E-state index contributed by atoms with van der Waals surface area (Å²) in [6.07, 6.45) is 0.123. The summed E-state index contributed by atoms with van der Waals surface area (Å²) in [4.78, 5) is 0. The van der Waals surface area contributed by atoms with Crippen molar-refractivity contribution < 1.29 is 4.43 Å². The standard InChI is InChI=1S/C23H26OSi/c1-15(2)23(22-17(4)13-16(3)14-18(22)5)24-25-21-12-8-10-19-9-6-7-11-20(19)21/h6-15,23H,1-5H3. The van der Waals surface area contributed by atoms with Crippen LogP contribution in [0, 0.1) is 26.7 Å². The fraction of sp³-hybridized carbons (Fsp3) is 0.304. The van der Waals surface area contributed by atoms with Crippen LogP contribution in [0.15, 0.2) is 54.6 Å². The van der Waals surface area contributed by atoms with E-state index >= 15 is 0 Å². The quantitative estimate of drug-likeness (QED) is 0.560.